The molecule has 0 fully saturated rings. The minimum absolute atomic E-state index is 0.0536. The third-order valence-corrected chi connectivity index (χ3v) is 5.26. The van der Waals surface area contributed by atoms with E-state index in [2.05, 4.69) is 4.98 Å². The predicted molar refractivity (Wildman–Crippen MR) is 84.3 cm³/mol. The van der Waals surface area contributed by atoms with E-state index in [0.717, 1.165) is 11.1 Å². The lowest BCUT2D eigenvalue weighted by Gasteiger charge is -2.20. The van der Waals surface area contributed by atoms with Gasteiger partial charge in [0.05, 0.1) is 5.75 Å². The molecule has 2 rings (SSSR count). The molecular weight excluding hydrogens is 284 g/mol. The number of pyridine rings is 1. The summed E-state index contributed by atoms with van der Waals surface area (Å²) in [5, 5.41) is 0. The molecule has 0 bridgehead atoms. The number of hydrogen-bond acceptors (Lipinski definition) is 3. The molecule has 0 atom stereocenters. The lowest BCUT2D eigenvalue weighted by Crippen LogP contribution is -2.33. The van der Waals surface area contributed by atoms with Crippen LogP contribution in [0.1, 0.15) is 18.1 Å². The van der Waals surface area contributed by atoms with Gasteiger partial charge in [0.25, 0.3) is 0 Å². The first-order chi connectivity index (χ1) is 10.1. The SMILES string of the molecule is CCN(CCc1ccncc1)S(=O)(=O)Cc1ccccc1. The molecule has 0 aliphatic rings. The molecule has 1 heterocycles. The Hall–Kier alpha value is -1.72. The van der Waals surface area contributed by atoms with Gasteiger partial charge in [0.2, 0.25) is 10.0 Å². The topological polar surface area (TPSA) is 50.3 Å². The first-order valence-corrected chi connectivity index (χ1v) is 8.63. The zero-order valence-corrected chi connectivity index (χ0v) is 13.0. The molecule has 5 heteroatoms. The van der Waals surface area contributed by atoms with Gasteiger partial charge in [-0.2, -0.15) is 0 Å². The van der Waals surface area contributed by atoms with Crippen molar-refractivity contribution in [2.75, 3.05) is 13.1 Å². The Morgan fingerprint density at radius 1 is 1.00 bits per heavy atom. The third-order valence-electron chi connectivity index (χ3n) is 3.34. The van der Waals surface area contributed by atoms with Crippen molar-refractivity contribution < 1.29 is 8.42 Å². The second-order valence-corrected chi connectivity index (χ2v) is 6.81. The lowest BCUT2D eigenvalue weighted by atomic mass is 10.2. The van der Waals surface area contributed by atoms with Crippen molar-refractivity contribution in [1.82, 2.24) is 9.29 Å². The highest BCUT2D eigenvalue weighted by Gasteiger charge is 2.20. The lowest BCUT2D eigenvalue weighted by molar-refractivity contribution is 0.430. The van der Waals surface area contributed by atoms with Crippen LogP contribution < -0.4 is 0 Å². The Balaban J connectivity index is 2.02. The van der Waals surface area contributed by atoms with E-state index < -0.39 is 10.0 Å². The summed E-state index contributed by atoms with van der Waals surface area (Å²) in [7, 11) is -3.28. The van der Waals surface area contributed by atoms with E-state index >= 15 is 0 Å². The molecule has 0 amide bonds. The maximum Gasteiger partial charge on any atom is 0.218 e. The van der Waals surface area contributed by atoms with Gasteiger partial charge in [0, 0.05) is 25.5 Å². The predicted octanol–water partition coefficient (Wildman–Crippen LogP) is 2.48. The average molecular weight is 304 g/mol. The molecule has 1 aromatic carbocycles. The zero-order valence-electron chi connectivity index (χ0n) is 12.1. The zero-order chi connectivity index (χ0) is 15.1. The molecule has 0 saturated carbocycles. The standard InChI is InChI=1S/C16H20N2O2S/c1-2-18(13-10-15-8-11-17-12-9-15)21(19,20)14-16-6-4-3-5-7-16/h3-9,11-12H,2,10,13-14H2,1H3. The monoisotopic (exact) mass is 304 g/mol. The van der Waals surface area contributed by atoms with Crippen LogP contribution in [0.2, 0.25) is 0 Å². The molecule has 0 saturated heterocycles. The number of benzene rings is 1. The molecule has 1 aromatic heterocycles. The van der Waals surface area contributed by atoms with Crippen LogP contribution in [-0.2, 0) is 22.2 Å². The normalized spacial score (nSPS) is 11.7. The fourth-order valence-electron chi connectivity index (χ4n) is 2.17. The number of rotatable bonds is 7. The average Bonchev–Trinajstić information content (AvgIpc) is 2.49. The van der Waals surface area contributed by atoms with E-state index in [1.165, 1.54) is 0 Å². The molecule has 112 valence electrons. The summed E-state index contributed by atoms with van der Waals surface area (Å²) in [6, 6.07) is 13.1. The van der Waals surface area contributed by atoms with Gasteiger partial charge in [-0.15, -0.1) is 0 Å². The first-order valence-electron chi connectivity index (χ1n) is 7.02. The maximum absolute atomic E-state index is 12.5. The van der Waals surface area contributed by atoms with Crippen LogP contribution >= 0.6 is 0 Å². The Kier molecular flexibility index (Phi) is 5.47. The van der Waals surface area contributed by atoms with Crippen molar-refractivity contribution in [2.24, 2.45) is 0 Å². The van der Waals surface area contributed by atoms with E-state index in [-0.39, 0.29) is 5.75 Å². The van der Waals surface area contributed by atoms with Crippen LogP contribution in [0.25, 0.3) is 0 Å². The minimum Gasteiger partial charge on any atom is -0.265 e. The van der Waals surface area contributed by atoms with E-state index in [9.17, 15) is 8.42 Å². The van der Waals surface area contributed by atoms with Crippen LogP contribution in [0.5, 0.6) is 0 Å². The summed E-state index contributed by atoms with van der Waals surface area (Å²) in [6.07, 6.45) is 4.15. The largest absolute Gasteiger partial charge is 0.265 e. The highest BCUT2D eigenvalue weighted by atomic mass is 32.2. The molecule has 4 nitrogen and oxygen atoms in total. The molecule has 21 heavy (non-hydrogen) atoms. The van der Waals surface area contributed by atoms with Crippen LogP contribution in [0, 0.1) is 0 Å². The Morgan fingerprint density at radius 3 is 2.29 bits per heavy atom. The smallest absolute Gasteiger partial charge is 0.218 e. The molecule has 2 aromatic rings. The van der Waals surface area contributed by atoms with Crippen molar-refractivity contribution in [3.05, 3.63) is 66.0 Å². The van der Waals surface area contributed by atoms with E-state index in [4.69, 9.17) is 0 Å². The summed E-state index contributed by atoms with van der Waals surface area (Å²) < 4.78 is 26.5. The molecule has 0 N–H and O–H groups in total. The summed E-state index contributed by atoms with van der Waals surface area (Å²) >= 11 is 0. The summed E-state index contributed by atoms with van der Waals surface area (Å²) in [5.74, 6) is 0.0536. The fourth-order valence-corrected chi connectivity index (χ4v) is 3.73. The first kappa shape index (κ1) is 15.7. The van der Waals surface area contributed by atoms with Gasteiger partial charge in [-0.3, -0.25) is 4.98 Å². The second-order valence-electron chi connectivity index (χ2n) is 4.84. The number of sulfonamides is 1. The Morgan fingerprint density at radius 2 is 1.67 bits per heavy atom. The molecule has 0 aliphatic heterocycles. The fraction of sp³-hybridized carbons (Fsp3) is 0.312. The highest BCUT2D eigenvalue weighted by molar-refractivity contribution is 7.88. The minimum atomic E-state index is -3.28. The molecule has 0 spiro atoms. The number of aromatic nitrogens is 1. The number of nitrogens with zero attached hydrogens (tertiary/aromatic N) is 2. The summed E-state index contributed by atoms with van der Waals surface area (Å²) in [4.78, 5) is 3.97. The van der Waals surface area contributed by atoms with Crippen molar-refractivity contribution >= 4 is 10.0 Å². The van der Waals surface area contributed by atoms with Crippen molar-refractivity contribution in [3.63, 3.8) is 0 Å². The number of hydrogen-bond donors (Lipinski definition) is 0. The Labute approximate surface area is 126 Å². The van der Waals surface area contributed by atoms with Crippen molar-refractivity contribution in [3.8, 4) is 0 Å². The van der Waals surface area contributed by atoms with Gasteiger partial charge in [-0.05, 0) is 29.7 Å². The van der Waals surface area contributed by atoms with Crippen LogP contribution in [-0.4, -0.2) is 30.8 Å². The third kappa shape index (κ3) is 4.65. The quantitative estimate of drug-likeness (QED) is 0.789. The summed E-state index contributed by atoms with van der Waals surface area (Å²) in [5.41, 5.74) is 1.92. The van der Waals surface area contributed by atoms with Gasteiger partial charge >= 0.3 is 0 Å². The van der Waals surface area contributed by atoms with Gasteiger partial charge in [0.15, 0.2) is 0 Å². The van der Waals surface area contributed by atoms with E-state index in [1.807, 2.05) is 49.4 Å². The van der Waals surface area contributed by atoms with Gasteiger partial charge in [-0.25, -0.2) is 12.7 Å². The molecular formula is C16H20N2O2S. The van der Waals surface area contributed by atoms with Gasteiger partial charge in [-0.1, -0.05) is 37.3 Å². The second kappa shape index (κ2) is 7.33. The van der Waals surface area contributed by atoms with Gasteiger partial charge in [0.1, 0.15) is 0 Å². The van der Waals surface area contributed by atoms with Gasteiger partial charge < -0.3 is 0 Å². The highest BCUT2D eigenvalue weighted by Crippen LogP contribution is 2.11. The molecule has 0 aliphatic carbocycles. The Bertz CT molecular complexity index is 642. The van der Waals surface area contributed by atoms with Crippen molar-refractivity contribution in [2.45, 2.75) is 19.1 Å². The van der Waals surface area contributed by atoms with Crippen LogP contribution in [0.15, 0.2) is 54.9 Å². The maximum atomic E-state index is 12.5. The summed E-state index contributed by atoms with van der Waals surface area (Å²) in [6.45, 7) is 2.85. The van der Waals surface area contributed by atoms with E-state index in [0.29, 0.717) is 19.5 Å². The molecule has 0 unspecified atom stereocenters. The van der Waals surface area contributed by atoms with Crippen LogP contribution in [0.3, 0.4) is 0 Å². The molecule has 0 radical (unpaired) electrons. The van der Waals surface area contributed by atoms with E-state index in [1.54, 1.807) is 16.7 Å². The van der Waals surface area contributed by atoms with Crippen LogP contribution in [0.4, 0.5) is 0 Å². The van der Waals surface area contributed by atoms with Crippen molar-refractivity contribution in [1.29, 1.82) is 0 Å². The number of likely N-dealkylation sites (N-methyl/N-ethyl adjacent to an activating group) is 1.